The van der Waals surface area contributed by atoms with E-state index in [1.807, 2.05) is 13.8 Å². The average Bonchev–Trinajstić information content (AvgIpc) is 2.68. The van der Waals surface area contributed by atoms with Crippen LogP contribution in [0, 0.1) is 5.82 Å². The number of primary amides is 1. The molecule has 2 aromatic rings. The number of ketones is 1. The topological polar surface area (TPSA) is 122 Å². The Morgan fingerprint density at radius 1 is 1.13 bits per heavy atom. The standard InChI is InChI=1S/C15H19NO4.C7H6FNO/c1-9(17)10-4-5-12-11(6-10)7-13(15(2,3)20-12)19-14(18)8-16;8-6-3-1-5(2-4-6)7(9)10/h4-6,13H,7-8,16H2,1-3H3;1-4H,(H2,9,10)/t13-;/m1./s1. The maximum atomic E-state index is 12.2. The van der Waals surface area contributed by atoms with Gasteiger partial charge in [0.1, 0.15) is 23.3 Å². The lowest BCUT2D eigenvalue weighted by Gasteiger charge is -2.39. The van der Waals surface area contributed by atoms with Gasteiger partial charge in [-0.3, -0.25) is 14.4 Å². The van der Waals surface area contributed by atoms with Crippen LogP contribution in [-0.4, -0.2) is 35.9 Å². The first kappa shape index (κ1) is 23.0. The second-order valence-corrected chi connectivity index (χ2v) is 7.34. The summed E-state index contributed by atoms with van der Waals surface area (Å²) in [5.74, 6) is -0.656. The Kier molecular flexibility index (Phi) is 7.28. The second-order valence-electron chi connectivity index (χ2n) is 7.34. The Bertz CT molecular complexity index is 941. The fourth-order valence-electron chi connectivity index (χ4n) is 2.86. The van der Waals surface area contributed by atoms with E-state index in [0.29, 0.717) is 17.5 Å². The maximum Gasteiger partial charge on any atom is 0.320 e. The van der Waals surface area contributed by atoms with E-state index in [1.165, 1.54) is 31.2 Å². The van der Waals surface area contributed by atoms with Gasteiger partial charge in [0, 0.05) is 17.5 Å². The monoisotopic (exact) mass is 416 g/mol. The van der Waals surface area contributed by atoms with Gasteiger partial charge in [0.2, 0.25) is 5.91 Å². The molecule has 0 radical (unpaired) electrons. The molecular formula is C22H25FN2O5. The minimum absolute atomic E-state index is 0.00635. The van der Waals surface area contributed by atoms with Crippen molar-refractivity contribution in [2.75, 3.05) is 6.54 Å². The number of hydrogen-bond acceptors (Lipinski definition) is 6. The number of ether oxygens (including phenoxy) is 2. The molecule has 0 saturated heterocycles. The number of Topliss-reactive ketones (excluding diaryl/α,β-unsaturated/α-hetero) is 1. The summed E-state index contributed by atoms with van der Waals surface area (Å²) in [5, 5.41) is 0. The van der Waals surface area contributed by atoms with Crippen LogP contribution < -0.4 is 16.2 Å². The van der Waals surface area contributed by atoms with E-state index in [0.717, 1.165) is 11.3 Å². The molecule has 8 heteroatoms. The third-order valence-electron chi connectivity index (χ3n) is 4.59. The number of esters is 1. The fourth-order valence-corrected chi connectivity index (χ4v) is 2.86. The smallest absolute Gasteiger partial charge is 0.320 e. The molecule has 3 rings (SSSR count). The van der Waals surface area contributed by atoms with Gasteiger partial charge in [-0.15, -0.1) is 0 Å². The Balaban J connectivity index is 0.000000269. The SMILES string of the molecule is CC(=O)c1ccc2c(c1)C[C@@H](OC(=O)CN)C(C)(C)O2.NC(=O)c1ccc(F)cc1. The van der Waals surface area contributed by atoms with Crippen molar-refractivity contribution in [3.8, 4) is 5.75 Å². The minimum Gasteiger partial charge on any atom is -0.484 e. The molecule has 0 unspecified atom stereocenters. The van der Waals surface area contributed by atoms with Crippen molar-refractivity contribution in [2.45, 2.75) is 38.9 Å². The molecular weight excluding hydrogens is 391 g/mol. The van der Waals surface area contributed by atoms with Crippen LogP contribution in [0.4, 0.5) is 4.39 Å². The molecule has 0 spiro atoms. The molecule has 4 N–H and O–H groups in total. The summed E-state index contributed by atoms with van der Waals surface area (Å²) in [6.45, 7) is 5.08. The predicted molar refractivity (Wildman–Crippen MR) is 109 cm³/mol. The van der Waals surface area contributed by atoms with Crippen LogP contribution >= 0.6 is 0 Å². The molecule has 1 heterocycles. The lowest BCUT2D eigenvalue weighted by Crippen LogP contribution is -2.49. The van der Waals surface area contributed by atoms with Crippen LogP contribution in [-0.2, 0) is 16.0 Å². The van der Waals surface area contributed by atoms with Gasteiger partial charge in [0.15, 0.2) is 5.78 Å². The lowest BCUT2D eigenvalue weighted by molar-refractivity contribution is -0.159. The molecule has 7 nitrogen and oxygen atoms in total. The molecule has 30 heavy (non-hydrogen) atoms. The predicted octanol–water partition coefficient (Wildman–Crippen LogP) is 2.40. The zero-order chi connectivity index (χ0) is 22.5. The van der Waals surface area contributed by atoms with Crippen LogP contribution in [0.2, 0.25) is 0 Å². The van der Waals surface area contributed by atoms with Gasteiger partial charge < -0.3 is 20.9 Å². The van der Waals surface area contributed by atoms with Crippen molar-refractivity contribution in [1.29, 1.82) is 0 Å². The summed E-state index contributed by atoms with van der Waals surface area (Å²) in [6.07, 6.45) is 0.0862. The highest BCUT2D eigenvalue weighted by atomic mass is 19.1. The van der Waals surface area contributed by atoms with Gasteiger partial charge in [0.05, 0.1) is 6.54 Å². The van der Waals surface area contributed by atoms with Crippen molar-refractivity contribution in [3.05, 3.63) is 65.0 Å². The zero-order valence-electron chi connectivity index (χ0n) is 17.1. The first-order chi connectivity index (χ1) is 14.0. The molecule has 0 aromatic heterocycles. The van der Waals surface area contributed by atoms with Crippen molar-refractivity contribution in [3.63, 3.8) is 0 Å². The third-order valence-corrected chi connectivity index (χ3v) is 4.59. The maximum absolute atomic E-state index is 12.2. The number of fused-ring (bicyclic) bond motifs is 1. The summed E-state index contributed by atoms with van der Waals surface area (Å²) in [7, 11) is 0. The Morgan fingerprint density at radius 3 is 2.27 bits per heavy atom. The minimum atomic E-state index is -0.629. The number of carbonyl (C=O) groups is 3. The van der Waals surface area contributed by atoms with Crippen molar-refractivity contribution >= 4 is 17.7 Å². The summed E-state index contributed by atoms with van der Waals surface area (Å²) < 4.78 is 23.4. The Hall–Kier alpha value is -3.26. The van der Waals surface area contributed by atoms with E-state index in [1.54, 1.807) is 18.2 Å². The van der Waals surface area contributed by atoms with Crippen LogP contribution in [0.15, 0.2) is 42.5 Å². The molecule has 0 fully saturated rings. The van der Waals surface area contributed by atoms with E-state index >= 15 is 0 Å². The normalized spacial score (nSPS) is 16.2. The highest BCUT2D eigenvalue weighted by molar-refractivity contribution is 5.94. The summed E-state index contributed by atoms with van der Waals surface area (Å²) >= 11 is 0. The van der Waals surface area contributed by atoms with Crippen molar-refractivity contribution in [2.24, 2.45) is 11.5 Å². The Labute approximate surface area is 174 Å². The zero-order valence-corrected chi connectivity index (χ0v) is 17.1. The molecule has 0 aliphatic carbocycles. The number of halogens is 1. The molecule has 2 aromatic carbocycles. The first-order valence-electron chi connectivity index (χ1n) is 9.31. The number of rotatable bonds is 4. The van der Waals surface area contributed by atoms with Gasteiger partial charge in [-0.1, -0.05) is 0 Å². The van der Waals surface area contributed by atoms with Crippen LogP contribution in [0.1, 0.15) is 47.1 Å². The number of hydrogen-bond donors (Lipinski definition) is 2. The lowest BCUT2D eigenvalue weighted by atomic mass is 9.90. The molecule has 1 amide bonds. The highest BCUT2D eigenvalue weighted by Gasteiger charge is 2.39. The van der Waals surface area contributed by atoms with Gasteiger partial charge in [-0.25, -0.2) is 4.39 Å². The number of benzene rings is 2. The molecule has 0 bridgehead atoms. The van der Waals surface area contributed by atoms with E-state index in [2.05, 4.69) is 0 Å². The van der Waals surface area contributed by atoms with Crippen LogP contribution in [0.3, 0.4) is 0 Å². The highest BCUT2D eigenvalue weighted by Crippen LogP contribution is 2.35. The van der Waals surface area contributed by atoms with Gasteiger partial charge in [-0.2, -0.15) is 0 Å². The van der Waals surface area contributed by atoms with Gasteiger partial charge >= 0.3 is 5.97 Å². The fraction of sp³-hybridized carbons (Fsp3) is 0.318. The van der Waals surface area contributed by atoms with Crippen molar-refractivity contribution < 1.29 is 28.2 Å². The number of amides is 1. The van der Waals surface area contributed by atoms with E-state index in [-0.39, 0.29) is 18.1 Å². The summed E-state index contributed by atoms with van der Waals surface area (Å²) in [5.41, 5.74) is 11.4. The van der Waals surface area contributed by atoms with Crippen LogP contribution in [0.25, 0.3) is 0 Å². The molecule has 160 valence electrons. The number of nitrogens with two attached hydrogens (primary N) is 2. The molecule has 0 saturated carbocycles. The first-order valence-corrected chi connectivity index (χ1v) is 9.31. The second kappa shape index (κ2) is 9.49. The largest absolute Gasteiger partial charge is 0.484 e. The Morgan fingerprint density at radius 2 is 1.73 bits per heavy atom. The van der Waals surface area contributed by atoms with Crippen molar-refractivity contribution in [1.82, 2.24) is 0 Å². The summed E-state index contributed by atoms with van der Waals surface area (Å²) in [6, 6.07) is 10.4. The quantitative estimate of drug-likeness (QED) is 0.583. The van der Waals surface area contributed by atoms with Gasteiger partial charge in [0.25, 0.3) is 0 Å². The molecule has 1 atom stereocenters. The molecule has 1 aliphatic rings. The van der Waals surface area contributed by atoms with E-state index in [4.69, 9.17) is 20.9 Å². The third kappa shape index (κ3) is 5.87. The average molecular weight is 416 g/mol. The summed E-state index contributed by atoms with van der Waals surface area (Å²) in [4.78, 5) is 33.2. The van der Waals surface area contributed by atoms with E-state index in [9.17, 15) is 18.8 Å². The van der Waals surface area contributed by atoms with Gasteiger partial charge in [-0.05, 0) is 68.8 Å². The molecule has 1 aliphatic heterocycles. The number of carbonyl (C=O) groups excluding carboxylic acids is 3. The van der Waals surface area contributed by atoms with E-state index < -0.39 is 23.6 Å². The van der Waals surface area contributed by atoms with Crippen LogP contribution in [0.5, 0.6) is 5.75 Å².